The van der Waals surface area contributed by atoms with Gasteiger partial charge in [0.1, 0.15) is 11.3 Å². The molecule has 0 bridgehead atoms. The molecule has 0 saturated heterocycles. The van der Waals surface area contributed by atoms with Gasteiger partial charge in [0.25, 0.3) is 0 Å². The number of furan rings is 1. The Labute approximate surface area is 213 Å². The fraction of sp³-hybridized carbons (Fsp3) is 0.484. The summed E-state index contributed by atoms with van der Waals surface area (Å²) in [5.41, 5.74) is 3.77. The molecule has 0 saturated carbocycles. The van der Waals surface area contributed by atoms with Gasteiger partial charge in [-0.05, 0) is 59.2 Å². The number of carbonyl (C=O) groups is 1. The lowest BCUT2D eigenvalue weighted by Crippen LogP contribution is -2.29. The Bertz CT molecular complexity index is 1360. The van der Waals surface area contributed by atoms with Crippen LogP contribution in [-0.2, 0) is 24.1 Å². The van der Waals surface area contributed by atoms with Crippen LogP contribution in [-0.4, -0.2) is 23.2 Å². The van der Waals surface area contributed by atoms with Gasteiger partial charge in [0.15, 0.2) is 0 Å². The van der Waals surface area contributed by atoms with E-state index in [1.54, 1.807) is 0 Å². The van der Waals surface area contributed by atoms with Gasteiger partial charge in [-0.15, -0.1) is 0 Å². The molecule has 0 aliphatic carbocycles. The molecule has 0 spiro atoms. The van der Waals surface area contributed by atoms with Crippen LogP contribution in [0.5, 0.6) is 5.75 Å². The maximum Gasteiger partial charge on any atom is 0.306 e. The van der Waals surface area contributed by atoms with Gasteiger partial charge in [0.2, 0.25) is 0 Å². The van der Waals surface area contributed by atoms with Gasteiger partial charge in [-0.2, -0.15) is 0 Å². The van der Waals surface area contributed by atoms with Crippen molar-refractivity contribution < 1.29 is 19.1 Å². The first-order valence-corrected chi connectivity index (χ1v) is 13.2. The molecule has 1 aromatic heterocycles. The highest BCUT2D eigenvalue weighted by Crippen LogP contribution is 2.35. The van der Waals surface area contributed by atoms with Crippen molar-refractivity contribution in [1.82, 2.24) is 0 Å². The zero-order valence-electron chi connectivity index (χ0n) is 22.3. The fourth-order valence-electron chi connectivity index (χ4n) is 5.31. The monoisotopic (exact) mass is 489 g/mol. The minimum Gasteiger partial charge on any atom is -0.493 e. The van der Waals surface area contributed by atoms with Gasteiger partial charge >= 0.3 is 5.97 Å². The van der Waals surface area contributed by atoms with E-state index in [0.717, 1.165) is 65.0 Å². The molecule has 0 fully saturated rings. The average molecular weight is 490 g/mol. The van der Waals surface area contributed by atoms with Gasteiger partial charge in [0, 0.05) is 17.4 Å². The molecule has 4 rings (SSSR count). The highest BCUT2D eigenvalue weighted by atomic mass is 16.5. The van der Waals surface area contributed by atoms with Gasteiger partial charge < -0.3 is 14.3 Å². The van der Waals surface area contributed by atoms with Crippen LogP contribution in [0.15, 0.2) is 46.0 Å². The van der Waals surface area contributed by atoms with E-state index in [1.165, 1.54) is 11.1 Å². The smallest absolute Gasteiger partial charge is 0.306 e. The number of ether oxygens (including phenoxy) is 1. The summed E-state index contributed by atoms with van der Waals surface area (Å²) in [7, 11) is 0. The number of hydrogen-bond donors (Lipinski definition) is 1. The molecule has 2 aromatic carbocycles. The molecule has 36 heavy (non-hydrogen) atoms. The Hall–Kier alpha value is -3.08. The van der Waals surface area contributed by atoms with Crippen molar-refractivity contribution in [3.8, 4) is 5.75 Å². The van der Waals surface area contributed by atoms with E-state index in [0.29, 0.717) is 13.0 Å². The number of carboxylic acids is 1. The molecule has 5 nitrogen and oxygen atoms in total. The maximum atomic E-state index is 11.8. The first-order valence-electron chi connectivity index (χ1n) is 13.2. The average Bonchev–Trinajstić information content (AvgIpc) is 3.35. The molecule has 192 valence electrons. The van der Waals surface area contributed by atoms with Crippen LogP contribution >= 0.6 is 0 Å². The summed E-state index contributed by atoms with van der Waals surface area (Å²) in [4.78, 5) is 16.8. The molecule has 1 atom stereocenters. The summed E-state index contributed by atoms with van der Waals surface area (Å²) in [6.07, 6.45) is 9.10. The van der Waals surface area contributed by atoms with Crippen LogP contribution in [0.4, 0.5) is 0 Å². The Balaban J connectivity index is 1.60. The Morgan fingerprint density at radius 3 is 2.56 bits per heavy atom. The van der Waals surface area contributed by atoms with Crippen molar-refractivity contribution >= 4 is 23.0 Å². The summed E-state index contributed by atoms with van der Waals surface area (Å²) in [5.74, 6) is -0.0384. The van der Waals surface area contributed by atoms with E-state index in [1.807, 2.05) is 30.5 Å². The third-order valence-corrected chi connectivity index (χ3v) is 6.78. The molecular weight excluding hydrogens is 450 g/mol. The number of hydrogen-bond acceptors (Lipinski definition) is 4. The molecule has 3 aromatic rings. The van der Waals surface area contributed by atoms with Gasteiger partial charge in [-0.25, -0.2) is 0 Å². The van der Waals surface area contributed by atoms with Crippen molar-refractivity contribution in [2.24, 2.45) is 10.4 Å². The van der Waals surface area contributed by atoms with Crippen molar-refractivity contribution in [1.29, 1.82) is 0 Å². The van der Waals surface area contributed by atoms with E-state index in [-0.39, 0.29) is 11.8 Å². The first kappa shape index (κ1) is 26.0. The SMILES string of the molecule is CCCc1cccc2c1=NC(CCOc1ccc3c(CC(C)(C)C)coc3c1CCC)(CC(=O)O)C=2. The third-order valence-electron chi connectivity index (χ3n) is 6.78. The van der Waals surface area contributed by atoms with Crippen molar-refractivity contribution in [3.63, 3.8) is 0 Å². The largest absolute Gasteiger partial charge is 0.493 e. The molecule has 1 aliphatic rings. The second-order valence-corrected chi connectivity index (χ2v) is 11.3. The lowest BCUT2D eigenvalue weighted by atomic mass is 9.88. The number of aryl methyl sites for hydroxylation is 2. The number of para-hydroxylation sites is 1. The number of fused-ring (bicyclic) bond motifs is 2. The zero-order valence-corrected chi connectivity index (χ0v) is 22.3. The quantitative estimate of drug-likeness (QED) is 0.357. The summed E-state index contributed by atoms with van der Waals surface area (Å²) in [5, 5.41) is 12.8. The maximum absolute atomic E-state index is 11.8. The number of carboxylic acid groups (broad SMARTS) is 1. The van der Waals surface area contributed by atoms with Gasteiger partial charge in [0.05, 0.1) is 30.2 Å². The summed E-state index contributed by atoms with van der Waals surface area (Å²) >= 11 is 0. The molecule has 1 unspecified atom stereocenters. The van der Waals surface area contributed by atoms with Crippen LogP contribution in [0.25, 0.3) is 17.0 Å². The van der Waals surface area contributed by atoms with Gasteiger partial charge in [-0.3, -0.25) is 9.79 Å². The standard InChI is InChI=1S/C31H39NO4/c1-6-9-21-11-8-12-22-18-31(19-27(33)34,32-28(21)22)15-16-35-26-14-13-24-23(17-30(3,4)5)20-36-29(24)25(26)10-7-2/h8,11-14,18,20H,6-7,9-10,15-17,19H2,1-5H3,(H,33,34). The Morgan fingerprint density at radius 1 is 1.08 bits per heavy atom. The topological polar surface area (TPSA) is 72.0 Å². The van der Waals surface area contributed by atoms with Crippen LogP contribution in [0.1, 0.15) is 77.0 Å². The fourth-order valence-corrected chi connectivity index (χ4v) is 5.31. The van der Waals surface area contributed by atoms with Crippen LogP contribution in [0, 0.1) is 5.41 Å². The van der Waals surface area contributed by atoms with Crippen LogP contribution in [0.3, 0.4) is 0 Å². The van der Waals surface area contributed by atoms with Crippen LogP contribution in [0.2, 0.25) is 0 Å². The van der Waals surface area contributed by atoms with E-state index in [2.05, 4.69) is 46.8 Å². The summed E-state index contributed by atoms with van der Waals surface area (Å²) < 4.78 is 12.4. The lowest BCUT2D eigenvalue weighted by molar-refractivity contribution is -0.137. The number of nitrogens with zero attached hydrogens (tertiary/aromatic N) is 1. The minimum absolute atomic E-state index is 0.0498. The number of aliphatic carboxylic acids is 1. The number of benzene rings is 2. The molecule has 5 heteroatoms. The molecule has 2 heterocycles. The third kappa shape index (κ3) is 5.66. The van der Waals surface area contributed by atoms with E-state index in [4.69, 9.17) is 14.1 Å². The van der Waals surface area contributed by atoms with Crippen LogP contribution < -0.4 is 15.3 Å². The second-order valence-electron chi connectivity index (χ2n) is 11.3. The lowest BCUT2D eigenvalue weighted by Gasteiger charge is -2.23. The Morgan fingerprint density at radius 2 is 1.86 bits per heavy atom. The van der Waals surface area contributed by atoms with E-state index < -0.39 is 11.5 Å². The highest BCUT2D eigenvalue weighted by molar-refractivity contribution is 5.86. The predicted octanol–water partition coefficient (Wildman–Crippen LogP) is 6.02. The van der Waals surface area contributed by atoms with E-state index in [9.17, 15) is 9.90 Å². The molecule has 0 amide bonds. The molecule has 1 aliphatic heterocycles. The molecule has 0 radical (unpaired) electrons. The van der Waals surface area contributed by atoms with Crippen molar-refractivity contribution in [2.75, 3.05) is 6.61 Å². The van der Waals surface area contributed by atoms with Crippen molar-refractivity contribution in [2.45, 2.75) is 85.1 Å². The molecule has 1 N–H and O–H groups in total. The molecular formula is C31H39NO4. The van der Waals surface area contributed by atoms with Gasteiger partial charge in [-0.1, -0.05) is 65.7 Å². The Kier molecular flexibility index (Phi) is 7.58. The first-order chi connectivity index (χ1) is 17.1. The normalized spacial score (nSPS) is 17.0. The summed E-state index contributed by atoms with van der Waals surface area (Å²) in [6.45, 7) is 11.4. The second kappa shape index (κ2) is 10.5. The zero-order chi connectivity index (χ0) is 25.9. The number of rotatable bonds is 11. The van der Waals surface area contributed by atoms with E-state index >= 15 is 0 Å². The minimum atomic E-state index is -0.852. The summed E-state index contributed by atoms with van der Waals surface area (Å²) in [6, 6.07) is 10.3. The van der Waals surface area contributed by atoms with Crippen molar-refractivity contribution in [3.05, 3.63) is 63.9 Å². The predicted molar refractivity (Wildman–Crippen MR) is 144 cm³/mol. The highest BCUT2D eigenvalue weighted by Gasteiger charge is 2.33.